The first-order valence-electron chi connectivity index (χ1n) is 11.1. The van der Waals surface area contributed by atoms with E-state index in [-0.39, 0.29) is 12.1 Å². The summed E-state index contributed by atoms with van der Waals surface area (Å²) >= 11 is 1.51. The number of carbonyl (C=O) groups is 2. The van der Waals surface area contributed by atoms with Crippen molar-refractivity contribution in [2.24, 2.45) is 5.92 Å². The van der Waals surface area contributed by atoms with E-state index in [9.17, 15) is 22.8 Å². The first kappa shape index (κ1) is 25.9. The lowest BCUT2D eigenvalue weighted by Crippen LogP contribution is -2.41. The Kier molecular flexibility index (Phi) is 8.46. The molecule has 0 bridgehead atoms. The van der Waals surface area contributed by atoms with E-state index >= 15 is 0 Å². The lowest BCUT2D eigenvalue weighted by molar-refractivity contribution is -0.137. The maximum Gasteiger partial charge on any atom is 0.416 e. The van der Waals surface area contributed by atoms with Crippen molar-refractivity contribution < 1.29 is 32.2 Å². The zero-order valence-corrected chi connectivity index (χ0v) is 20.1. The highest BCUT2D eigenvalue weighted by atomic mass is 32.1. The number of halogens is 3. The molecule has 0 spiro atoms. The van der Waals surface area contributed by atoms with Gasteiger partial charge < -0.3 is 14.8 Å². The lowest BCUT2D eigenvalue weighted by Gasteiger charge is -2.39. The van der Waals surface area contributed by atoms with Crippen LogP contribution in [0.4, 0.5) is 23.7 Å². The number of alkyl halides is 3. The number of hydrogen-bond donors (Lipinski definition) is 1. The minimum absolute atomic E-state index is 0.0301. The molecule has 1 fully saturated rings. The molecule has 1 N–H and O–H groups in total. The molecule has 4 rings (SSSR count). The van der Waals surface area contributed by atoms with Gasteiger partial charge in [0, 0.05) is 16.6 Å². The molecule has 0 saturated heterocycles. The van der Waals surface area contributed by atoms with Crippen molar-refractivity contribution in [2.45, 2.75) is 64.0 Å². The lowest BCUT2D eigenvalue weighted by atomic mass is 9.88. The number of nitrogens with one attached hydrogen (secondary N) is 1. The van der Waals surface area contributed by atoms with Crippen molar-refractivity contribution in [1.29, 1.82) is 0 Å². The molecule has 1 saturated carbocycles. The number of anilines is 1. The second-order valence-corrected chi connectivity index (χ2v) is 9.63. The number of nitrogens with zero attached hydrogens (tertiary/aromatic N) is 1. The fourth-order valence-corrected chi connectivity index (χ4v) is 4.68. The number of fused-ring (bicyclic) bond motifs is 1. The van der Waals surface area contributed by atoms with Gasteiger partial charge in [0.1, 0.15) is 0 Å². The normalized spacial score (nSPS) is 19.3. The number of hydrogen-bond acceptors (Lipinski definition) is 6. The molecular weight excluding hydrogens is 469 g/mol. The standard InChI is InChI=1S/C20H21F3N2O2S.C4H8O2/c1-27-19(26)25(11-14-3-2-8-28-14)18-10-17(12-4-5-12)24-16-7-6-13(9-15(16)18)20(21,22)23;1-4(2)6-3-5/h2-3,6-9,12,17-18,24H,4-5,10-11H2,1H3;3-4H,1-2H3/t17-,18-;/m1./s1. The number of ether oxygens (including phenoxy) is 2. The average molecular weight is 499 g/mol. The Labute approximate surface area is 201 Å². The molecule has 0 radical (unpaired) electrons. The Bertz CT molecular complexity index is 962. The van der Waals surface area contributed by atoms with Gasteiger partial charge in [0.05, 0.1) is 31.4 Å². The summed E-state index contributed by atoms with van der Waals surface area (Å²) in [6.45, 7) is 4.36. The summed E-state index contributed by atoms with van der Waals surface area (Å²) in [7, 11) is 1.30. The second kappa shape index (κ2) is 11.1. The molecule has 2 heterocycles. The number of rotatable bonds is 6. The molecule has 0 unspecified atom stereocenters. The van der Waals surface area contributed by atoms with Crippen LogP contribution in [0.5, 0.6) is 0 Å². The van der Waals surface area contributed by atoms with Crippen molar-refractivity contribution >= 4 is 29.6 Å². The van der Waals surface area contributed by atoms with Crippen molar-refractivity contribution in [1.82, 2.24) is 4.90 Å². The summed E-state index contributed by atoms with van der Waals surface area (Å²) in [6.07, 6.45) is -2.16. The molecule has 186 valence electrons. The van der Waals surface area contributed by atoms with Crippen LogP contribution in [-0.2, 0) is 27.0 Å². The summed E-state index contributed by atoms with van der Waals surface area (Å²) in [4.78, 5) is 24.5. The maximum atomic E-state index is 13.3. The first-order valence-corrected chi connectivity index (χ1v) is 12.0. The fourth-order valence-electron chi connectivity index (χ4n) is 3.98. The minimum atomic E-state index is -4.43. The van der Waals surface area contributed by atoms with Gasteiger partial charge in [0.25, 0.3) is 6.47 Å². The van der Waals surface area contributed by atoms with Gasteiger partial charge >= 0.3 is 12.3 Å². The molecule has 10 heteroatoms. The largest absolute Gasteiger partial charge is 0.465 e. The van der Waals surface area contributed by atoms with Crippen molar-refractivity contribution in [3.8, 4) is 0 Å². The second-order valence-electron chi connectivity index (χ2n) is 8.60. The van der Waals surface area contributed by atoms with Crippen molar-refractivity contribution in [3.05, 3.63) is 51.7 Å². The molecule has 6 nitrogen and oxygen atoms in total. The third-order valence-corrected chi connectivity index (χ3v) is 6.63. The van der Waals surface area contributed by atoms with Crippen LogP contribution in [0.15, 0.2) is 35.7 Å². The summed E-state index contributed by atoms with van der Waals surface area (Å²) < 4.78 is 49.3. The van der Waals surface area contributed by atoms with Crippen LogP contribution in [0.3, 0.4) is 0 Å². The predicted molar refractivity (Wildman–Crippen MR) is 123 cm³/mol. The fraction of sp³-hybridized carbons (Fsp3) is 0.500. The summed E-state index contributed by atoms with van der Waals surface area (Å²) in [6, 6.07) is 7.22. The van der Waals surface area contributed by atoms with E-state index in [0.717, 1.165) is 23.8 Å². The SMILES string of the molecule is CC(C)OC=O.COC(=O)N(Cc1cccs1)[C@@H]1C[C@H](C2CC2)Nc2ccc(C(F)(F)F)cc21. The van der Waals surface area contributed by atoms with Gasteiger partial charge in [-0.2, -0.15) is 13.2 Å². The zero-order valence-electron chi connectivity index (χ0n) is 19.3. The van der Waals surface area contributed by atoms with Crippen LogP contribution in [0.25, 0.3) is 0 Å². The molecular formula is C24H29F3N2O4S. The summed E-state index contributed by atoms with van der Waals surface area (Å²) in [5, 5.41) is 5.31. The van der Waals surface area contributed by atoms with Crippen LogP contribution in [0.1, 0.15) is 55.2 Å². The third kappa shape index (κ3) is 6.65. The Morgan fingerprint density at radius 3 is 2.53 bits per heavy atom. The van der Waals surface area contributed by atoms with E-state index in [1.807, 2.05) is 17.5 Å². The number of thiophene rings is 1. The van der Waals surface area contributed by atoms with Crippen LogP contribution < -0.4 is 5.32 Å². The van der Waals surface area contributed by atoms with Gasteiger partial charge in [0.2, 0.25) is 0 Å². The topological polar surface area (TPSA) is 67.9 Å². The molecule has 2 aromatic rings. The predicted octanol–water partition coefficient (Wildman–Crippen LogP) is 6.24. The Balaban J connectivity index is 0.000000481. The molecule has 1 amide bonds. The van der Waals surface area contributed by atoms with Crippen LogP contribution >= 0.6 is 11.3 Å². The monoisotopic (exact) mass is 498 g/mol. The van der Waals surface area contributed by atoms with E-state index in [2.05, 4.69) is 10.1 Å². The van der Waals surface area contributed by atoms with E-state index in [4.69, 9.17) is 4.74 Å². The summed E-state index contributed by atoms with van der Waals surface area (Å²) in [5.74, 6) is 0.499. The van der Waals surface area contributed by atoms with Crippen molar-refractivity contribution in [3.63, 3.8) is 0 Å². The average Bonchev–Trinajstić information content (AvgIpc) is 3.52. The molecule has 1 aromatic carbocycles. The Hall–Kier alpha value is -2.75. The van der Waals surface area contributed by atoms with E-state index in [1.54, 1.807) is 18.7 Å². The minimum Gasteiger partial charge on any atom is -0.465 e. The molecule has 1 aliphatic heterocycles. The van der Waals surface area contributed by atoms with Gasteiger partial charge in [-0.3, -0.25) is 9.69 Å². The van der Waals surface area contributed by atoms with E-state index in [0.29, 0.717) is 36.6 Å². The maximum absolute atomic E-state index is 13.3. The molecule has 2 aliphatic rings. The van der Waals surface area contributed by atoms with Gasteiger partial charge in [-0.05, 0) is 74.2 Å². The van der Waals surface area contributed by atoms with Gasteiger partial charge in [0.15, 0.2) is 0 Å². The van der Waals surface area contributed by atoms with Crippen LogP contribution in [0, 0.1) is 5.92 Å². The number of methoxy groups -OCH3 is 1. The zero-order chi connectivity index (χ0) is 24.9. The molecule has 1 aliphatic carbocycles. The highest BCUT2D eigenvalue weighted by Gasteiger charge is 2.41. The van der Waals surface area contributed by atoms with Gasteiger partial charge in [-0.15, -0.1) is 11.3 Å². The number of amides is 1. The highest BCUT2D eigenvalue weighted by Crippen LogP contribution is 2.46. The quantitative estimate of drug-likeness (QED) is 0.478. The van der Waals surface area contributed by atoms with Crippen LogP contribution in [-0.4, -0.2) is 36.7 Å². The molecule has 1 aromatic heterocycles. The summed E-state index contributed by atoms with van der Waals surface area (Å²) in [5.41, 5.74) is 0.457. The van der Waals surface area contributed by atoms with Gasteiger partial charge in [-0.25, -0.2) is 4.79 Å². The third-order valence-electron chi connectivity index (χ3n) is 5.77. The first-order chi connectivity index (χ1) is 16.1. The smallest absolute Gasteiger partial charge is 0.416 e. The number of carbonyl (C=O) groups excluding carboxylic acids is 2. The van der Waals surface area contributed by atoms with Crippen molar-refractivity contribution in [2.75, 3.05) is 12.4 Å². The van der Waals surface area contributed by atoms with Gasteiger partial charge in [-0.1, -0.05) is 6.07 Å². The van der Waals surface area contributed by atoms with Crippen LogP contribution in [0.2, 0.25) is 0 Å². The Morgan fingerprint density at radius 2 is 2.03 bits per heavy atom. The van der Waals surface area contributed by atoms with E-state index in [1.165, 1.54) is 30.6 Å². The van der Waals surface area contributed by atoms with E-state index < -0.39 is 23.9 Å². The highest BCUT2D eigenvalue weighted by molar-refractivity contribution is 7.09. The number of benzene rings is 1. The molecule has 34 heavy (non-hydrogen) atoms. The molecule has 2 atom stereocenters. The Morgan fingerprint density at radius 1 is 1.29 bits per heavy atom.